The molecular formula is C4H13CaClO. The number of hydrogen-bond acceptors (Lipinski definition) is 0. The first-order valence-electron chi connectivity index (χ1n) is 1.97. The number of alkyl halides is 1. The van der Waals surface area contributed by atoms with E-state index in [0.717, 1.165) is 12.3 Å². The van der Waals surface area contributed by atoms with E-state index in [0.29, 0.717) is 0 Å². The number of unbranched alkanes of at least 4 members (excludes halogenated alkanes) is 1. The SMILES string of the molecule is CCCCCl.O.[Ca+2].[H-].[H-]. The average Bonchev–Trinajstić information content (AvgIpc) is 1.41. The van der Waals surface area contributed by atoms with Gasteiger partial charge in [-0.1, -0.05) is 13.3 Å². The Labute approximate surface area is 82.7 Å². The van der Waals surface area contributed by atoms with Gasteiger partial charge in [-0.05, 0) is 6.42 Å². The molecule has 0 aliphatic rings. The summed E-state index contributed by atoms with van der Waals surface area (Å²) < 4.78 is 0. The second-order valence-electron chi connectivity index (χ2n) is 1.04. The molecule has 2 N–H and O–H groups in total. The van der Waals surface area contributed by atoms with Gasteiger partial charge in [0.25, 0.3) is 0 Å². The van der Waals surface area contributed by atoms with Crippen LogP contribution >= 0.6 is 11.6 Å². The largest absolute Gasteiger partial charge is 2.00 e. The average molecular weight is 153 g/mol. The molecule has 7 heavy (non-hydrogen) atoms. The van der Waals surface area contributed by atoms with Crippen molar-refractivity contribution in [2.24, 2.45) is 0 Å². The first-order valence-corrected chi connectivity index (χ1v) is 2.51. The summed E-state index contributed by atoms with van der Waals surface area (Å²) in [7, 11) is 0. The first kappa shape index (κ1) is 15.8. The molecule has 44 valence electrons. The molecular weight excluding hydrogens is 140 g/mol. The van der Waals surface area contributed by atoms with Gasteiger partial charge in [0.05, 0.1) is 0 Å². The Bertz CT molecular complexity index is 26.0. The predicted molar refractivity (Wildman–Crippen MR) is 37.2 cm³/mol. The van der Waals surface area contributed by atoms with Gasteiger partial charge < -0.3 is 8.33 Å². The van der Waals surface area contributed by atoms with E-state index in [1.807, 2.05) is 0 Å². The molecule has 0 aliphatic carbocycles. The van der Waals surface area contributed by atoms with E-state index >= 15 is 0 Å². The second-order valence-corrected chi connectivity index (χ2v) is 1.42. The molecule has 0 unspecified atom stereocenters. The summed E-state index contributed by atoms with van der Waals surface area (Å²) in [5.74, 6) is 0.816. The van der Waals surface area contributed by atoms with Crippen molar-refractivity contribution in [3.63, 3.8) is 0 Å². The normalized spacial score (nSPS) is 6.00. The summed E-state index contributed by atoms with van der Waals surface area (Å²) in [6.45, 7) is 2.13. The Morgan fingerprint density at radius 3 is 2.00 bits per heavy atom. The minimum Gasteiger partial charge on any atom is -1.00 e. The Kier molecular flexibility index (Phi) is 35.3. The molecule has 0 bridgehead atoms. The fourth-order valence-electron chi connectivity index (χ4n) is 0.134. The molecule has 0 saturated carbocycles. The third-order valence-corrected chi connectivity index (χ3v) is 0.754. The molecule has 0 atom stereocenters. The molecule has 0 aromatic carbocycles. The standard InChI is InChI=1S/C4H9Cl.Ca.H2O.2H/c1-2-3-4-5;;;;/h2-4H2,1H3;;1H2;;/q;+2;;2*-1. The smallest absolute Gasteiger partial charge is 1.00 e. The third kappa shape index (κ3) is 18.5. The fraction of sp³-hybridized carbons (Fsp3) is 1.00. The molecule has 3 heteroatoms. The van der Waals surface area contributed by atoms with E-state index in [1.54, 1.807) is 0 Å². The molecule has 0 heterocycles. The van der Waals surface area contributed by atoms with E-state index in [-0.39, 0.29) is 46.1 Å². The van der Waals surface area contributed by atoms with Crippen LogP contribution in [0.25, 0.3) is 0 Å². The van der Waals surface area contributed by atoms with Crippen LogP contribution in [0.15, 0.2) is 0 Å². The molecule has 0 fully saturated rings. The van der Waals surface area contributed by atoms with Crippen molar-refractivity contribution >= 4 is 49.3 Å². The molecule has 0 aromatic heterocycles. The molecule has 0 aromatic rings. The molecule has 0 rings (SSSR count). The molecule has 0 radical (unpaired) electrons. The van der Waals surface area contributed by atoms with Gasteiger partial charge in [-0.3, -0.25) is 0 Å². The van der Waals surface area contributed by atoms with Gasteiger partial charge in [0.2, 0.25) is 0 Å². The van der Waals surface area contributed by atoms with Crippen molar-refractivity contribution in [2.45, 2.75) is 19.8 Å². The molecule has 0 spiro atoms. The Morgan fingerprint density at radius 2 is 2.00 bits per heavy atom. The molecule has 1 nitrogen and oxygen atoms in total. The van der Waals surface area contributed by atoms with Crippen LogP contribution in [0.4, 0.5) is 0 Å². The molecule has 0 saturated heterocycles. The van der Waals surface area contributed by atoms with Crippen LogP contribution in [0.3, 0.4) is 0 Å². The van der Waals surface area contributed by atoms with Crippen molar-refractivity contribution in [3.8, 4) is 0 Å². The zero-order valence-corrected chi connectivity index (χ0v) is 7.67. The van der Waals surface area contributed by atoms with Crippen molar-refractivity contribution in [2.75, 3.05) is 5.88 Å². The predicted octanol–water partition coefficient (Wildman–Crippen LogP) is 1.04. The van der Waals surface area contributed by atoms with Gasteiger partial charge in [0.15, 0.2) is 0 Å². The summed E-state index contributed by atoms with van der Waals surface area (Å²) in [6.07, 6.45) is 2.37. The van der Waals surface area contributed by atoms with Crippen LogP contribution in [0.1, 0.15) is 22.6 Å². The van der Waals surface area contributed by atoms with Crippen LogP contribution < -0.4 is 0 Å². The zero-order chi connectivity index (χ0) is 4.12. The Morgan fingerprint density at radius 1 is 1.57 bits per heavy atom. The van der Waals surface area contributed by atoms with Gasteiger partial charge in [0.1, 0.15) is 0 Å². The summed E-state index contributed by atoms with van der Waals surface area (Å²) in [5, 5.41) is 0. The Balaban J connectivity index is -0.0000000133. The van der Waals surface area contributed by atoms with E-state index in [1.165, 1.54) is 6.42 Å². The molecule has 0 aliphatic heterocycles. The van der Waals surface area contributed by atoms with Gasteiger partial charge in [-0.15, -0.1) is 11.6 Å². The van der Waals surface area contributed by atoms with Gasteiger partial charge in [-0.25, -0.2) is 0 Å². The van der Waals surface area contributed by atoms with Crippen molar-refractivity contribution in [1.29, 1.82) is 0 Å². The monoisotopic (exact) mass is 152 g/mol. The van der Waals surface area contributed by atoms with Crippen LogP contribution in [0.2, 0.25) is 0 Å². The molecule has 0 amide bonds. The van der Waals surface area contributed by atoms with Gasteiger partial charge in [-0.2, -0.15) is 0 Å². The minimum atomic E-state index is 0. The maximum absolute atomic E-state index is 5.30. The van der Waals surface area contributed by atoms with Crippen molar-refractivity contribution < 1.29 is 8.33 Å². The topological polar surface area (TPSA) is 31.5 Å². The maximum atomic E-state index is 5.30. The Hall–Kier alpha value is 1.51. The summed E-state index contributed by atoms with van der Waals surface area (Å²) in [6, 6.07) is 0. The van der Waals surface area contributed by atoms with E-state index in [2.05, 4.69) is 6.92 Å². The van der Waals surface area contributed by atoms with Crippen LogP contribution in [0, 0.1) is 0 Å². The second kappa shape index (κ2) is 15.6. The van der Waals surface area contributed by atoms with Crippen molar-refractivity contribution in [1.82, 2.24) is 0 Å². The quantitative estimate of drug-likeness (QED) is 0.419. The van der Waals surface area contributed by atoms with Crippen molar-refractivity contribution in [3.05, 3.63) is 0 Å². The number of halogens is 1. The summed E-state index contributed by atoms with van der Waals surface area (Å²) >= 11 is 5.30. The van der Waals surface area contributed by atoms with E-state index in [9.17, 15) is 0 Å². The fourth-order valence-corrected chi connectivity index (χ4v) is 0.401. The summed E-state index contributed by atoms with van der Waals surface area (Å²) in [5.41, 5.74) is 0. The maximum Gasteiger partial charge on any atom is 2.00 e. The summed E-state index contributed by atoms with van der Waals surface area (Å²) in [4.78, 5) is 0. The van der Waals surface area contributed by atoms with Crippen LogP contribution in [-0.2, 0) is 0 Å². The van der Waals surface area contributed by atoms with Crippen LogP contribution in [-0.4, -0.2) is 49.1 Å². The van der Waals surface area contributed by atoms with Gasteiger partial charge in [0, 0.05) is 5.88 Å². The van der Waals surface area contributed by atoms with Crippen LogP contribution in [0.5, 0.6) is 0 Å². The first-order chi connectivity index (χ1) is 2.41. The van der Waals surface area contributed by atoms with E-state index in [4.69, 9.17) is 11.6 Å². The van der Waals surface area contributed by atoms with Gasteiger partial charge >= 0.3 is 37.7 Å². The van der Waals surface area contributed by atoms with E-state index < -0.39 is 0 Å². The third-order valence-electron chi connectivity index (χ3n) is 0.487. The number of hydrogen-bond donors (Lipinski definition) is 0. The number of rotatable bonds is 2. The zero-order valence-electron chi connectivity index (χ0n) is 6.71. The minimum absolute atomic E-state index is 0.